The summed E-state index contributed by atoms with van der Waals surface area (Å²) < 4.78 is 7.92. The highest BCUT2D eigenvalue weighted by molar-refractivity contribution is 6.09. The van der Waals surface area contributed by atoms with Gasteiger partial charge in [-0.3, -0.25) is 9.59 Å². The van der Waals surface area contributed by atoms with Crippen LogP contribution < -0.4 is 10.7 Å². The summed E-state index contributed by atoms with van der Waals surface area (Å²) in [5.74, 6) is 0.0679. The van der Waals surface area contributed by atoms with E-state index in [9.17, 15) is 9.59 Å². The number of rotatable bonds is 1. The smallest absolute Gasteiger partial charge is 0.274 e. The van der Waals surface area contributed by atoms with Crippen LogP contribution in [0.3, 0.4) is 0 Å². The van der Waals surface area contributed by atoms with Crippen molar-refractivity contribution in [1.29, 1.82) is 0 Å². The fraction of sp³-hybridized carbons (Fsp3) is 0.455. The van der Waals surface area contributed by atoms with E-state index in [0.29, 0.717) is 23.6 Å². The molecule has 0 radical (unpaired) electrons. The topological polar surface area (TPSA) is 64.7 Å². The standard InChI is InChI=1S/C11H14N4O2/c1-3-6-4-8-12-9-7(5-14(2)11(9)17)10(16)15(8)13-6/h4,6,12-13H,3,5H2,1-2H3/i/hD. The number of hydrogen-bond donors (Lipinski definition) is 2. The zero-order chi connectivity index (χ0) is 13.0. The Kier molecular flexibility index (Phi) is 1.81. The van der Waals surface area contributed by atoms with Gasteiger partial charge in [-0.25, -0.2) is 10.4 Å². The number of hydrazine groups is 1. The van der Waals surface area contributed by atoms with Gasteiger partial charge in [-0.15, -0.1) is 0 Å². The molecule has 0 spiro atoms. The van der Waals surface area contributed by atoms with Gasteiger partial charge in [0.05, 0.1) is 12.1 Å². The molecule has 0 aromatic heterocycles. The van der Waals surface area contributed by atoms with Gasteiger partial charge < -0.3 is 10.2 Å². The minimum Gasteiger partial charge on any atom is -0.336 e. The van der Waals surface area contributed by atoms with Crippen molar-refractivity contribution in [3.05, 3.63) is 23.2 Å². The lowest BCUT2D eigenvalue weighted by Gasteiger charge is -2.26. The van der Waals surface area contributed by atoms with E-state index >= 15 is 0 Å². The van der Waals surface area contributed by atoms with Crippen LogP contribution in [0.1, 0.15) is 13.3 Å². The molecular weight excluding hydrogens is 220 g/mol. The number of nitrogens with zero attached hydrogens (tertiary/aromatic N) is 2. The van der Waals surface area contributed by atoms with Crippen molar-refractivity contribution in [3.63, 3.8) is 0 Å². The molecule has 6 nitrogen and oxygen atoms in total. The normalized spacial score (nSPS) is 29.2. The SMILES string of the molecule is [2H]N1C(CC)C=C2NC3=C(CN(C)C3=O)C(=O)N21. The lowest BCUT2D eigenvalue weighted by molar-refractivity contribution is -0.129. The number of amides is 2. The zero-order valence-corrected chi connectivity index (χ0v) is 9.73. The molecule has 0 saturated heterocycles. The summed E-state index contributed by atoms with van der Waals surface area (Å²) in [6, 6.07) is -0.135. The molecule has 1 unspecified atom stereocenters. The Morgan fingerprint density at radius 2 is 2.29 bits per heavy atom. The lowest BCUT2D eigenvalue weighted by atomic mass is 10.2. The third-order valence-corrected chi connectivity index (χ3v) is 3.22. The van der Waals surface area contributed by atoms with Crippen LogP contribution in [0, 0.1) is 0 Å². The van der Waals surface area contributed by atoms with E-state index in [0.717, 1.165) is 11.8 Å². The van der Waals surface area contributed by atoms with Crippen molar-refractivity contribution >= 4 is 11.8 Å². The summed E-state index contributed by atoms with van der Waals surface area (Å²) >= 11 is 0. The van der Waals surface area contributed by atoms with Crippen LogP contribution in [-0.4, -0.2) is 41.4 Å². The van der Waals surface area contributed by atoms with Crippen LogP contribution in [0.15, 0.2) is 23.2 Å². The quantitative estimate of drug-likeness (QED) is 0.630. The first-order chi connectivity index (χ1) is 8.54. The van der Waals surface area contributed by atoms with Crippen molar-refractivity contribution in [2.75, 3.05) is 13.6 Å². The van der Waals surface area contributed by atoms with Crippen molar-refractivity contribution in [3.8, 4) is 0 Å². The Morgan fingerprint density at radius 1 is 1.53 bits per heavy atom. The summed E-state index contributed by atoms with van der Waals surface area (Å²) in [5, 5.41) is 4.27. The molecule has 17 heavy (non-hydrogen) atoms. The number of likely N-dealkylation sites (N-methyl/N-ethyl adjacent to an activating group) is 1. The van der Waals surface area contributed by atoms with Gasteiger partial charge in [0.15, 0.2) is 0 Å². The minimum absolute atomic E-state index is 0.135. The molecule has 0 fully saturated rings. The van der Waals surface area contributed by atoms with Gasteiger partial charge in [-0.2, -0.15) is 0 Å². The monoisotopic (exact) mass is 235 g/mol. The van der Waals surface area contributed by atoms with E-state index in [1.807, 2.05) is 6.92 Å². The van der Waals surface area contributed by atoms with Gasteiger partial charge in [0.2, 0.25) is 0 Å². The average molecular weight is 235 g/mol. The van der Waals surface area contributed by atoms with Crippen LogP contribution in [0.2, 0.25) is 1.41 Å². The Bertz CT molecular complexity index is 513. The first-order valence-electron chi connectivity index (χ1n) is 6.09. The van der Waals surface area contributed by atoms with E-state index in [-0.39, 0.29) is 17.9 Å². The third-order valence-electron chi connectivity index (χ3n) is 3.22. The first-order valence-corrected chi connectivity index (χ1v) is 5.64. The van der Waals surface area contributed by atoms with Crippen LogP contribution in [0.4, 0.5) is 0 Å². The van der Waals surface area contributed by atoms with Gasteiger partial charge in [-0.1, -0.05) is 6.92 Å². The third kappa shape index (κ3) is 1.30. The lowest BCUT2D eigenvalue weighted by Crippen LogP contribution is -2.48. The summed E-state index contributed by atoms with van der Waals surface area (Å²) in [7, 11) is 1.66. The molecular formula is C11H14N4O2. The van der Waals surface area contributed by atoms with Crippen molar-refractivity contribution in [1.82, 2.24) is 20.6 Å². The molecule has 90 valence electrons. The second-order valence-electron chi connectivity index (χ2n) is 4.40. The molecule has 0 saturated carbocycles. The molecule has 1 atom stereocenters. The molecule has 2 N–H and O–H groups in total. The number of nitrogens with one attached hydrogen (secondary N) is 2. The van der Waals surface area contributed by atoms with Crippen molar-refractivity contribution in [2.45, 2.75) is 19.4 Å². The molecule has 0 aromatic rings. The Labute approximate surface area is 100 Å². The summed E-state index contributed by atoms with van der Waals surface area (Å²) in [6.07, 6.45) is 2.54. The summed E-state index contributed by atoms with van der Waals surface area (Å²) in [6.45, 7) is 2.25. The molecule has 0 bridgehead atoms. The number of carbonyl (C=O) groups excluding carboxylic acids is 2. The molecule has 3 aliphatic rings. The molecule has 0 aromatic carbocycles. The minimum atomic E-state index is -0.279. The van der Waals surface area contributed by atoms with E-state index in [1.165, 1.54) is 9.91 Å². The van der Waals surface area contributed by atoms with E-state index < -0.39 is 0 Å². The van der Waals surface area contributed by atoms with Gasteiger partial charge in [0.25, 0.3) is 11.8 Å². The van der Waals surface area contributed by atoms with Crippen molar-refractivity contribution in [2.24, 2.45) is 0 Å². The summed E-state index contributed by atoms with van der Waals surface area (Å²) in [5.41, 5.74) is 1.96. The van der Waals surface area contributed by atoms with Crippen LogP contribution in [0.5, 0.6) is 0 Å². The fourth-order valence-electron chi connectivity index (χ4n) is 2.22. The largest absolute Gasteiger partial charge is 0.336 e. The maximum atomic E-state index is 12.3. The zero-order valence-electron chi connectivity index (χ0n) is 10.7. The fourth-order valence-corrected chi connectivity index (χ4v) is 2.22. The molecule has 3 rings (SSSR count). The maximum absolute atomic E-state index is 12.3. The second kappa shape index (κ2) is 3.33. The van der Waals surface area contributed by atoms with E-state index in [4.69, 9.17) is 1.41 Å². The summed E-state index contributed by atoms with van der Waals surface area (Å²) in [4.78, 5) is 25.6. The Hall–Kier alpha value is -1.82. The highest BCUT2D eigenvalue weighted by Crippen LogP contribution is 2.27. The molecule has 3 heterocycles. The molecule has 2 amide bonds. The van der Waals surface area contributed by atoms with Crippen LogP contribution in [0.25, 0.3) is 0 Å². The van der Waals surface area contributed by atoms with Crippen molar-refractivity contribution < 1.29 is 11.0 Å². The van der Waals surface area contributed by atoms with Gasteiger partial charge in [0, 0.05) is 13.1 Å². The Balaban J connectivity index is 2.00. The molecule has 0 aliphatic carbocycles. The average Bonchev–Trinajstić information content (AvgIpc) is 2.81. The maximum Gasteiger partial charge on any atom is 0.274 e. The van der Waals surface area contributed by atoms with Crippen LogP contribution >= 0.6 is 0 Å². The van der Waals surface area contributed by atoms with E-state index in [1.54, 1.807) is 13.1 Å². The van der Waals surface area contributed by atoms with Gasteiger partial charge in [-0.05, 0) is 12.5 Å². The predicted molar refractivity (Wildman–Crippen MR) is 59.9 cm³/mol. The van der Waals surface area contributed by atoms with Gasteiger partial charge >= 0.3 is 0 Å². The number of carbonyl (C=O) groups is 2. The van der Waals surface area contributed by atoms with Crippen LogP contribution in [-0.2, 0) is 9.59 Å². The number of fused-ring (bicyclic) bond motifs is 1. The highest BCUT2D eigenvalue weighted by atomic mass is 16.2. The first kappa shape index (κ1) is 9.23. The molecule has 3 aliphatic heterocycles. The second-order valence-corrected chi connectivity index (χ2v) is 4.40. The number of hydrogen-bond acceptors (Lipinski definition) is 4. The molecule has 6 heteroatoms. The highest BCUT2D eigenvalue weighted by Gasteiger charge is 2.42. The van der Waals surface area contributed by atoms with E-state index in [2.05, 4.69) is 5.32 Å². The predicted octanol–water partition coefficient (Wildman–Crippen LogP) is -0.717. The Morgan fingerprint density at radius 3 is 3.00 bits per heavy atom. The van der Waals surface area contributed by atoms with Gasteiger partial charge in [0.1, 0.15) is 12.9 Å².